The van der Waals surface area contributed by atoms with Gasteiger partial charge >= 0.3 is 0 Å². The van der Waals surface area contributed by atoms with Gasteiger partial charge in [0.05, 0.1) is 11.9 Å². The number of anilines is 1. The van der Waals surface area contributed by atoms with Crippen molar-refractivity contribution in [3.8, 4) is 0 Å². The van der Waals surface area contributed by atoms with Crippen LogP contribution in [-0.4, -0.2) is 45.1 Å². The Morgan fingerprint density at radius 3 is 2.62 bits per heavy atom. The molecule has 2 aliphatic rings. The SMILES string of the molecule is CN(C(=O)c1ccc2c(c1)CCN2S(C)(=O)=O)C1CCC1. The highest BCUT2D eigenvalue weighted by Gasteiger charge is 2.29. The Kier molecular flexibility index (Phi) is 3.43. The Morgan fingerprint density at radius 2 is 2.05 bits per heavy atom. The summed E-state index contributed by atoms with van der Waals surface area (Å²) in [4.78, 5) is 14.3. The molecule has 1 aliphatic heterocycles. The number of nitrogens with zero attached hydrogens (tertiary/aromatic N) is 2. The molecule has 21 heavy (non-hydrogen) atoms. The Hall–Kier alpha value is -1.56. The molecule has 5 nitrogen and oxygen atoms in total. The third kappa shape index (κ3) is 2.52. The number of sulfonamides is 1. The van der Waals surface area contributed by atoms with E-state index in [0.717, 1.165) is 18.4 Å². The van der Waals surface area contributed by atoms with Gasteiger partial charge in [0.15, 0.2) is 0 Å². The fourth-order valence-electron chi connectivity index (χ4n) is 2.99. The largest absolute Gasteiger partial charge is 0.339 e. The normalized spacial score (nSPS) is 18.3. The van der Waals surface area contributed by atoms with Crippen molar-refractivity contribution in [2.45, 2.75) is 31.7 Å². The van der Waals surface area contributed by atoms with E-state index in [1.165, 1.54) is 17.0 Å². The summed E-state index contributed by atoms with van der Waals surface area (Å²) in [6.07, 6.45) is 5.22. The lowest BCUT2D eigenvalue weighted by Gasteiger charge is -2.34. The van der Waals surface area contributed by atoms with Crippen LogP contribution in [0.5, 0.6) is 0 Å². The lowest BCUT2D eigenvalue weighted by molar-refractivity contribution is 0.0652. The summed E-state index contributed by atoms with van der Waals surface area (Å²) in [5.74, 6) is 0.0281. The van der Waals surface area contributed by atoms with Gasteiger partial charge in [0.25, 0.3) is 5.91 Å². The molecule has 0 atom stereocenters. The number of hydrogen-bond acceptors (Lipinski definition) is 3. The van der Waals surface area contributed by atoms with Crippen molar-refractivity contribution in [1.29, 1.82) is 0 Å². The summed E-state index contributed by atoms with van der Waals surface area (Å²) >= 11 is 0. The van der Waals surface area contributed by atoms with Crippen molar-refractivity contribution >= 4 is 21.6 Å². The fraction of sp³-hybridized carbons (Fsp3) is 0.533. The zero-order chi connectivity index (χ0) is 15.2. The van der Waals surface area contributed by atoms with Crippen molar-refractivity contribution in [1.82, 2.24) is 4.90 Å². The molecule has 0 saturated heterocycles. The zero-order valence-electron chi connectivity index (χ0n) is 12.4. The van der Waals surface area contributed by atoms with E-state index in [4.69, 9.17) is 0 Å². The maximum atomic E-state index is 12.5. The number of carbonyl (C=O) groups is 1. The van der Waals surface area contributed by atoms with E-state index < -0.39 is 10.0 Å². The highest BCUT2D eigenvalue weighted by molar-refractivity contribution is 7.92. The topological polar surface area (TPSA) is 57.7 Å². The first-order valence-electron chi connectivity index (χ1n) is 7.26. The lowest BCUT2D eigenvalue weighted by Crippen LogP contribution is -2.41. The molecule has 114 valence electrons. The van der Waals surface area contributed by atoms with Crippen LogP contribution < -0.4 is 4.31 Å². The number of carbonyl (C=O) groups excluding carboxylic acids is 1. The second-order valence-corrected chi connectivity index (χ2v) is 7.84. The minimum atomic E-state index is -3.24. The summed E-state index contributed by atoms with van der Waals surface area (Å²) in [6, 6.07) is 5.70. The molecule has 0 bridgehead atoms. The summed E-state index contributed by atoms with van der Waals surface area (Å²) in [5.41, 5.74) is 2.30. The highest BCUT2D eigenvalue weighted by atomic mass is 32.2. The van der Waals surface area contributed by atoms with Gasteiger partial charge < -0.3 is 4.90 Å². The van der Waals surface area contributed by atoms with Crippen LogP contribution in [0.2, 0.25) is 0 Å². The Labute approximate surface area is 125 Å². The van der Waals surface area contributed by atoms with Crippen LogP contribution in [0.25, 0.3) is 0 Å². The first kappa shape index (κ1) is 14.4. The van der Waals surface area contributed by atoms with Gasteiger partial charge in [0.1, 0.15) is 0 Å². The maximum Gasteiger partial charge on any atom is 0.253 e. The van der Waals surface area contributed by atoms with Crippen LogP contribution >= 0.6 is 0 Å². The quantitative estimate of drug-likeness (QED) is 0.853. The van der Waals surface area contributed by atoms with Crippen molar-refractivity contribution in [3.63, 3.8) is 0 Å². The first-order chi connectivity index (χ1) is 9.88. The Balaban J connectivity index is 1.86. The van der Waals surface area contributed by atoms with Crippen LogP contribution in [0.3, 0.4) is 0 Å². The van der Waals surface area contributed by atoms with Gasteiger partial charge in [-0.3, -0.25) is 9.10 Å². The van der Waals surface area contributed by atoms with Crippen LogP contribution in [0.4, 0.5) is 5.69 Å². The number of amides is 1. The molecule has 3 rings (SSSR count). The summed E-state index contributed by atoms with van der Waals surface area (Å²) in [6.45, 7) is 0.463. The molecule has 1 aromatic rings. The van der Waals surface area contributed by atoms with Crippen molar-refractivity contribution in [3.05, 3.63) is 29.3 Å². The van der Waals surface area contributed by atoms with Crippen LogP contribution in [0.15, 0.2) is 18.2 Å². The molecule has 0 spiro atoms. The van der Waals surface area contributed by atoms with Crippen molar-refractivity contribution in [2.75, 3.05) is 24.2 Å². The van der Waals surface area contributed by atoms with Gasteiger partial charge in [-0.25, -0.2) is 8.42 Å². The standard InChI is InChI=1S/C15H20N2O3S/c1-16(13-4-3-5-13)15(18)12-6-7-14-11(10-12)8-9-17(14)21(2,19)20/h6-7,10,13H,3-5,8-9H2,1-2H3. The molecule has 1 saturated carbocycles. The van der Waals surface area contributed by atoms with Crippen LogP contribution in [0, 0.1) is 0 Å². The molecule has 1 fully saturated rings. The van der Waals surface area contributed by atoms with E-state index in [0.29, 0.717) is 30.3 Å². The third-order valence-electron chi connectivity index (χ3n) is 4.52. The number of fused-ring (bicyclic) bond motifs is 1. The molecular formula is C15H20N2O3S. The fourth-order valence-corrected chi connectivity index (χ4v) is 3.95. The van der Waals surface area contributed by atoms with Crippen LogP contribution in [0.1, 0.15) is 35.2 Å². The highest BCUT2D eigenvalue weighted by Crippen LogP contribution is 2.31. The molecule has 1 aromatic carbocycles. The number of hydrogen-bond donors (Lipinski definition) is 0. The van der Waals surface area contributed by atoms with Gasteiger partial charge in [-0.1, -0.05) is 0 Å². The van der Waals surface area contributed by atoms with E-state index in [1.54, 1.807) is 12.1 Å². The van der Waals surface area contributed by atoms with Crippen LogP contribution in [-0.2, 0) is 16.4 Å². The predicted octanol–water partition coefficient (Wildman–Crippen LogP) is 1.63. The summed E-state index contributed by atoms with van der Waals surface area (Å²) in [5, 5.41) is 0. The Bertz CT molecular complexity index is 680. The first-order valence-corrected chi connectivity index (χ1v) is 9.10. The van der Waals surface area contributed by atoms with Gasteiger partial charge in [0.2, 0.25) is 10.0 Å². The molecule has 0 radical (unpaired) electrons. The second kappa shape index (κ2) is 5.02. The van der Waals surface area contributed by atoms with E-state index in [9.17, 15) is 13.2 Å². The minimum absolute atomic E-state index is 0.0281. The van der Waals surface area contributed by atoms with Gasteiger partial charge in [-0.15, -0.1) is 0 Å². The van der Waals surface area contributed by atoms with Gasteiger partial charge in [-0.2, -0.15) is 0 Å². The molecule has 1 heterocycles. The molecule has 1 aliphatic carbocycles. The van der Waals surface area contributed by atoms with Gasteiger partial charge in [-0.05, 0) is 49.4 Å². The summed E-state index contributed by atoms with van der Waals surface area (Å²) < 4.78 is 24.8. The number of benzene rings is 1. The molecule has 1 amide bonds. The van der Waals surface area contributed by atoms with E-state index in [1.807, 2.05) is 18.0 Å². The second-order valence-electron chi connectivity index (χ2n) is 5.93. The molecule has 0 unspecified atom stereocenters. The molecule has 0 N–H and O–H groups in total. The molecule has 6 heteroatoms. The number of rotatable bonds is 3. The van der Waals surface area contributed by atoms with E-state index in [-0.39, 0.29) is 5.91 Å². The van der Waals surface area contributed by atoms with Crippen molar-refractivity contribution < 1.29 is 13.2 Å². The lowest BCUT2D eigenvalue weighted by atomic mass is 9.91. The van der Waals surface area contributed by atoms with Crippen molar-refractivity contribution in [2.24, 2.45) is 0 Å². The smallest absolute Gasteiger partial charge is 0.253 e. The van der Waals surface area contributed by atoms with Gasteiger partial charge in [0, 0.05) is 25.2 Å². The van der Waals surface area contributed by atoms with E-state index in [2.05, 4.69) is 0 Å². The maximum absolute atomic E-state index is 12.5. The Morgan fingerprint density at radius 1 is 1.33 bits per heavy atom. The average Bonchev–Trinajstić information content (AvgIpc) is 2.78. The molecular weight excluding hydrogens is 288 g/mol. The minimum Gasteiger partial charge on any atom is -0.339 e. The predicted molar refractivity (Wildman–Crippen MR) is 82.1 cm³/mol. The zero-order valence-corrected chi connectivity index (χ0v) is 13.2. The molecule has 0 aromatic heterocycles. The van der Waals surface area contributed by atoms with E-state index >= 15 is 0 Å². The summed E-state index contributed by atoms with van der Waals surface area (Å²) in [7, 11) is -1.39. The third-order valence-corrected chi connectivity index (χ3v) is 5.70. The monoisotopic (exact) mass is 308 g/mol. The average molecular weight is 308 g/mol.